The fraction of sp³-hybridized carbons (Fsp3) is 0.176. The third kappa shape index (κ3) is 3.99. The molecule has 0 bridgehead atoms. The summed E-state index contributed by atoms with van der Waals surface area (Å²) in [7, 11) is -2.09. The molecule has 1 N–H and O–H groups in total. The van der Waals surface area contributed by atoms with Gasteiger partial charge in [0.2, 0.25) is 0 Å². The minimum absolute atomic E-state index is 0.0348. The molecule has 0 saturated carbocycles. The highest BCUT2D eigenvalue weighted by Crippen LogP contribution is 2.23. The molecule has 0 fully saturated rings. The Balaban J connectivity index is 2.56. The lowest BCUT2D eigenvalue weighted by atomic mass is 10.1. The third-order valence-corrected chi connectivity index (χ3v) is 4.94. The maximum absolute atomic E-state index is 13.7. The van der Waals surface area contributed by atoms with Gasteiger partial charge in [0.15, 0.2) is 0 Å². The molecule has 0 aromatic heterocycles. The Hall–Kier alpha value is -2.94. The average molecular weight is 381 g/mol. The molecule has 138 valence electrons. The standard InChI is InChI=1S/C17H16FNO6S/c1-10-4-6-12(9-14(10)18)19-26(22,23)15-8-11(16(20)24-2)5-7-13(15)17(21)25-3/h4-9,19H,1-3H3. The van der Waals surface area contributed by atoms with E-state index in [9.17, 15) is 22.4 Å². The number of halogens is 1. The van der Waals surface area contributed by atoms with Crippen molar-refractivity contribution in [3.63, 3.8) is 0 Å². The number of methoxy groups -OCH3 is 2. The van der Waals surface area contributed by atoms with Crippen LogP contribution in [0.15, 0.2) is 41.3 Å². The fourth-order valence-corrected chi connectivity index (χ4v) is 3.40. The second-order valence-corrected chi connectivity index (χ2v) is 6.91. The Morgan fingerprint density at radius 2 is 1.65 bits per heavy atom. The van der Waals surface area contributed by atoms with Crippen molar-refractivity contribution >= 4 is 27.6 Å². The van der Waals surface area contributed by atoms with Gasteiger partial charge in [0.25, 0.3) is 10.0 Å². The fourth-order valence-electron chi connectivity index (χ4n) is 2.13. The van der Waals surface area contributed by atoms with E-state index in [1.165, 1.54) is 25.1 Å². The molecule has 9 heteroatoms. The second-order valence-electron chi connectivity index (χ2n) is 5.26. The highest BCUT2D eigenvalue weighted by molar-refractivity contribution is 7.92. The number of aryl methyl sites for hydroxylation is 1. The molecular formula is C17H16FNO6S. The molecule has 0 radical (unpaired) electrons. The molecule has 26 heavy (non-hydrogen) atoms. The minimum Gasteiger partial charge on any atom is -0.465 e. The topological polar surface area (TPSA) is 98.8 Å². The SMILES string of the molecule is COC(=O)c1ccc(C(=O)OC)c(S(=O)(=O)Nc2ccc(C)c(F)c2)c1. The first-order valence-corrected chi connectivity index (χ1v) is 8.77. The van der Waals surface area contributed by atoms with Crippen molar-refractivity contribution in [2.45, 2.75) is 11.8 Å². The molecule has 7 nitrogen and oxygen atoms in total. The monoisotopic (exact) mass is 381 g/mol. The Morgan fingerprint density at radius 3 is 2.23 bits per heavy atom. The number of sulfonamides is 1. The van der Waals surface area contributed by atoms with Crippen LogP contribution in [-0.2, 0) is 19.5 Å². The van der Waals surface area contributed by atoms with Gasteiger partial charge in [-0.3, -0.25) is 4.72 Å². The highest BCUT2D eigenvalue weighted by atomic mass is 32.2. The summed E-state index contributed by atoms with van der Waals surface area (Å²) in [6.45, 7) is 1.53. The molecule has 2 aromatic carbocycles. The highest BCUT2D eigenvalue weighted by Gasteiger charge is 2.25. The Bertz CT molecular complexity index is 971. The number of esters is 2. The summed E-state index contributed by atoms with van der Waals surface area (Å²) in [6, 6.07) is 7.15. The number of hydrogen-bond donors (Lipinski definition) is 1. The van der Waals surface area contributed by atoms with Crippen LogP contribution < -0.4 is 4.72 Å². The van der Waals surface area contributed by atoms with Crippen LogP contribution in [-0.4, -0.2) is 34.6 Å². The van der Waals surface area contributed by atoms with E-state index in [0.29, 0.717) is 5.56 Å². The lowest BCUT2D eigenvalue weighted by Crippen LogP contribution is -2.19. The van der Waals surface area contributed by atoms with Crippen molar-refractivity contribution < 1.29 is 31.9 Å². The molecule has 0 aliphatic carbocycles. The molecule has 0 spiro atoms. The lowest BCUT2D eigenvalue weighted by Gasteiger charge is -2.13. The number of rotatable bonds is 5. The summed E-state index contributed by atoms with van der Waals surface area (Å²) in [5.41, 5.74) is -0.0425. The van der Waals surface area contributed by atoms with Crippen molar-refractivity contribution in [2.75, 3.05) is 18.9 Å². The second kappa shape index (κ2) is 7.52. The van der Waals surface area contributed by atoms with Gasteiger partial charge in [0, 0.05) is 0 Å². The number of anilines is 1. The van der Waals surface area contributed by atoms with Gasteiger partial charge >= 0.3 is 11.9 Å². The molecule has 0 aliphatic heterocycles. The summed E-state index contributed by atoms with van der Waals surface area (Å²) < 4.78 is 50.4. The van der Waals surface area contributed by atoms with Crippen LogP contribution in [0.2, 0.25) is 0 Å². The molecule has 0 heterocycles. The Kier molecular flexibility index (Phi) is 5.61. The van der Waals surface area contributed by atoms with E-state index in [1.54, 1.807) is 0 Å². The number of carbonyl (C=O) groups is 2. The van der Waals surface area contributed by atoms with Gasteiger partial charge in [-0.05, 0) is 42.8 Å². The first kappa shape index (κ1) is 19.4. The predicted molar refractivity (Wildman–Crippen MR) is 91.1 cm³/mol. The van der Waals surface area contributed by atoms with Crippen LogP contribution in [0.25, 0.3) is 0 Å². The van der Waals surface area contributed by atoms with Gasteiger partial charge in [0.1, 0.15) is 10.7 Å². The summed E-state index contributed by atoms with van der Waals surface area (Å²) in [5, 5.41) is 0. The van der Waals surface area contributed by atoms with Crippen LogP contribution in [0.5, 0.6) is 0 Å². The zero-order chi connectivity index (χ0) is 19.5. The van der Waals surface area contributed by atoms with Crippen LogP contribution >= 0.6 is 0 Å². The van der Waals surface area contributed by atoms with Crippen molar-refractivity contribution in [1.82, 2.24) is 0 Å². The minimum atomic E-state index is -4.32. The molecule has 2 rings (SSSR count). The normalized spacial score (nSPS) is 10.9. The molecular weight excluding hydrogens is 365 g/mol. The first-order chi connectivity index (χ1) is 12.2. The lowest BCUT2D eigenvalue weighted by molar-refractivity contribution is 0.0583. The maximum atomic E-state index is 13.7. The van der Waals surface area contributed by atoms with Gasteiger partial charge in [-0.15, -0.1) is 0 Å². The zero-order valence-corrected chi connectivity index (χ0v) is 15.0. The predicted octanol–water partition coefficient (Wildman–Crippen LogP) is 2.51. The molecule has 0 amide bonds. The van der Waals surface area contributed by atoms with Crippen LogP contribution in [0, 0.1) is 12.7 Å². The van der Waals surface area contributed by atoms with Crippen molar-refractivity contribution in [1.29, 1.82) is 0 Å². The summed E-state index contributed by atoms with van der Waals surface area (Å²) in [6.07, 6.45) is 0. The van der Waals surface area contributed by atoms with Crippen molar-refractivity contribution in [2.24, 2.45) is 0 Å². The Labute approximate surface area is 149 Å². The van der Waals surface area contributed by atoms with Gasteiger partial charge < -0.3 is 9.47 Å². The quantitative estimate of drug-likeness (QED) is 0.799. The number of carbonyl (C=O) groups excluding carboxylic acids is 2. The summed E-state index contributed by atoms with van der Waals surface area (Å²) in [5.74, 6) is -2.28. The molecule has 0 aliphatic rings. The van der Waals surface area contributed by atoms with E-state index < -0.39 is 32.7 Å². The van der Waals surface area contributed by atoms with Gasteiger partial charge in [-0.2, -0.15) is 0 Å². The van der Waals surface area contributed by atoms with Gasteiger partial charge in [0.05, 0.1) is 31.0 Å². The van der Waals surface area contributed by atoms with Crippen molar-refractivity contribution in [3.8, 4) is 0 Å². The van der Waals surface area contributed by atoms with Crippen LogP contribution in [0.3, 0.4) is 0 Å². The van der Waals surface area contributed by atoms with E-state index >= 15 is 0 Å². The molecule has 2 aromatic rings. The number of nitrogens with one attached hydrogen (secondary N) is 1. The third-order valence-electron chi connectivity index (χ3n) is 3.52. The van der Waals surface area contributed by atoms with Crippen LogP contribution in [0.1, 0.15) is 26.3 Å². The summed E-state index contributed by atoms with van der Waals surface area (Å²) in [4.78, 5) is 23.1. The van der Waals surface area contributed by atoms with E-state index in [2.05, 4.69) is 14.2 Å². The number of hydrogen-bond acceptors (Lipinski definition) is 6. The molecule has 0 atom stereocenters. The van der Waals surface area contributed by atoms with E-state index in [1.807, 2.05) is 0 Å². The molecule has 0 unspecified atom stereocenters. The first-order valence-electron chi connectivity index (χ1n) is 7.29. The van der Waals surface area contributed by atoms with Crippen LogP contribution in [0.4, 0.5) is 10.1 Å². The number of benzene rings is 2. The van der Waals surface area contributed by atoms with Crippen molar-refractivity contribution in [3.05, 3.63) is 58.9 Å². The zero-order valence-electron chi connectivity index (χ0n) is 14.2. The van der Waals surface area contributed by atoms with Gasteiger partial charge in [-0.25, -0.2) is 22.4 Å². The molecule has 0 saturated heterocycles. The average Bonchev–Trinajstić information content (AvgIpc) is 2.62. The number of ether oxygens (including phenoxy) is 2. The summed E-state index contributed by atoms with van der Waals surface area (Å²) >= 11 is 0. The van der Waals surface area contributed by atoms with E-state index in [4.69, 9.17) is 0 Å². The van der Waals surface area contributed by atoms with E-state index in [0.717, 1.165) is 32.4 Å². The van der Waals surface area contributed by atoms with E-state index in [-0.39, 0.29) is 16.8 Å². The smallest absolute Gasteiger partial charge is 0.339 e. The Morgan fingerprint density at radius 1 is 1.00 bits per heavy atom. The largest absolute Gasteiger partial charge is 0.465 e. The van der Waals surface area contributed by atoms with Gasteiger partial charge in [-0.1, -0.05) is 6.07 Å². The maximum Gasteiger partial charge on any atom is 0.339 e.